The molecule has 0 radical (unpaired) electrons. The minimum Gasteiger partial charge on any atom is -0.462 e. The summed E-state index contributed by atoms with van der Waals surface area (Å²) in [6.07, 6.45) is 4.95. The van der Waals surface area contributed by atoms with E-state index in [0.717, 1.165) is 19.3 Å². The predicted octanol–water partition coefficient (Wildman–Crippen LogP) is 3.50. The lowest BCUT2D eigenvalue weighted by Gasteiger charge is -2.07. The third kappa shape index (κ3) is 5.42. The summed E-state index contributed by atoms with van der Waals surface area (Å²) >= 11 is 1.33. The molecule has 0 unspecified atom stereocenters. The lowest BCUT2D eigenvalue weighted by Crippen LogP contribution is -2.09. The van der Waals surface area contributed by atoms with E-state index in [1.165, 1.54) is 11.3 Å². The molecule has 5 heteroatoms. The van der Waals surface area contributed by atoms with Crippen molar-refractivity contribution in [2.75, 3.05) is 12.3 Å². The van der Waals surface area contributed by atoms with Crippen molar-refractivity contribution in [1.82, 2.24) is 4.98 Å². The van der Waals surface area contributed by atoms with E-state index in [1.54, 1.807) is 5.38 Å². The monoisotopic (exact) mass is 282 g/mol. The smallest absolute Gasteiger partial charge is 0.340 e. The van der Waals surface area contributed by atoms with E-state index in [2.05, 4.69) is 11.9 Å². The summed E-state index contributed by atoms with van der Waals surface area (Å²) in [6.45, 7) is 6.60. The Balaban J connectivity index is 2.72. The van der Waals surface area contributed by atoms with Crippen LogP contribution in [-0.4, -0.2) is 17.6 Å². The molecular formula is C14H22N2O2S. The first kappa shape index (κ1) is 15.7. The number of allylic oxidation sites excluding steroid dienone is 1. The number of rotatable bonds is 7. The quantitative estimate of drug-likeness (QED) is 0.472. The maximum Gasteiger partial charge on any atom is 0.340 e. The third-order valence-electron chi connectivity index (χ3n) is 2.50. The van der Waals surface area contributed by atoms with Crippen molar-refractivity contribution in [2.24, 2.45) is 5.92 Å². The van der Waals surface area contributed by atoms with Crippen LogP contribution in [0.4, 0.5) is 5.13 Å². The molecule has 0 spiro atoms. The molecule has 106 valence electrons. The fourth-order valence-corrected chi connectivity index (χ4v) is 2.16. The average Bonchev–Trinajstić information content (AvgIpc) is 2.77. The second kappa shape index (κ2) is 7.94. The number of nitrogens with zero attached hydrogens (tertiary/aromatic N) is 1. The first-order valence-corrected chi connectivity index (χ1v) is 7.52. The largest absolute Gasteiger partial charge is 0.462 e. The molecule has 0 atom stereocenters. The van der Waals surface area contributed by atoms with Crippen LogP contribution in [0.2, 0.25) is 0 Å². The van der Waals surface area contributed by atoms with Crippen LogP contribution >= 0.6 is 11.3 Å². The molecule has 1 heterocycles. The maximum absolute atomic E-state index is 12.1. The number of esters is 1. The van der Waals surface area contributed by atoms with E-state index in [9.17, 15) is 4.79 Å². The second-order valence-corrected chi connectivity index (χ2v) is 5.63. The topological polar surface area (TPSA) is 65.2 Å². The Hall–Kier alpha value is -1.36. The van der Waals surface area contributed by atoms with Gasteiger partial charge in [0.15, 0.2) is 5.13 Å². The highest BCUT2D eigenvalue weighted by Gasteiger charge is 2.16. The van der Waals surface area contributed by atoms with Gasteiger partial charge < -0.3 is 10.5 Å². The number of nitrogens with two attached hydrogens (primary N) is 1. The number of anilines is 1. The number of ether oxygens (including phenoxy) is 1. The molecular weight excluding hydrogens is 260 g/mol. The SMILES string of the molecule is CCCCCOC(=O)/C(=C\C(C)C)c1csc(N)n1. The van der Waals surface area contributed by atoms with E-state index in [-0.39, 0.29) is 11.9 Å². The van der Waals surface area contributed by atoms with Crippen molar-refractivity contribution in [1.29, 1.82) is 0 Å². The Morgan fingerprint density at radius 1 is 1.53 bits per heavy atom. The predicted molar refractivity (Wildman–Crippen MR) is 79.8 cm³/mol. The van der Waals surface area contributed by atoms with Crippen molar-refractivity contribution < 1.29 is 9.53 Å². The van der Waals surface area contributed by atoms with Crippen LogP contribution in [0.1, 0.15) is 45.7 Å². The molecule has 1 rings (SSSR count). The highest BCUT2D eigenvalue weighted by molar-refractivity contribution is 7.13. The van der Waals surface area contributed by atoms with Crippen molar-refractivity contribution in [3.05, 3.63) is 17.2 Å². The molecule has 1 aromatic rings. The standard InChI is InChI=1S/C14H22N2O2S/c1-4-5-6-7-18-13(17)11(8-10(2)3)12-9-19-14(15)16-12/h8-10H,4-7H2,1-3H3,(H2,15,16)/b11-8-. The Labute approximate surface area is 118 Å². The number of hydrogen-bond donors (Lipinski definition) is 1. The molecule has 19 heavy (non-hydrogen) atoms. The van der Waals surface area contributed by atoms with E-state index >= 15 is 0 Å². The van der Waals surface area contributed by atoms with Crippen LogP contribution in [0.25, 0.3) is 5.57 Å². The van der Waals surface area contributed by atoms with Gasteiger partial charge in [-0.3, -0.25) is 0 Å². The van der Waals surface area contributed by atoms with Crippen molar-refractivity contribution >= 4 is 28.0 Å². The number of carbonyl (C=O) groups excluding carboxylic acids is 1. The minimum atomic E-state index is -0.310. The van der Waals surface area contributed by atoms with Crippen molar-refractivity contribution in [2.45, 2.75) is 40.0 Å². The number of unbranched alkanes of at least 4 members (excludes halogenated alkanes) is 2. The number of nitrogen functional groups attached to an aromatic ring is 1. The highest BCUT2D eigenvalue weighted by Crippen LogP contribution is 2.22. The summed E-state index contributed by atoms with van der Waals surface area (Å²) in [5.41, 5.74) is 6.74. The molecule has 0 aromatic carbocycles. The average molecular weight is 282 g/mol. The van der Waals surface area contributed by atoms with E-state index in [4.69, 9.17) is 10.5 Å². The fourth-order valence-electron chi connectivity index (χ4n) is 1.60. The lowest BCUT2D eigenvalue weighted by atomic mass is 10.1. The molecule has 0 aliphatic carbocycles. The number of thiazole rings is 1. The second-order valence-electron chi connectivity index (χ2n) is 4.74. The fraction of sp³-hybridized carbons (Fsp3) is 0.571. The van der Waals surface area contributed by atoms with Crippen LogP contribution in [0.15, 0.2) is 11.5 Å². The van der Waals surface area contributed by atoms with Crippen molar-refractivity contribution in [3.63, 3.8) is 0 Å². The van der Waals surface area contributed by atoms with Crippen LogP contribution in [0, 0.1) is 5.92 Å². The summed E-state index contributed by atoms with van der Waals surface area (Å²) in [5.74, 6) is -0.0591. The van der Waals surface area contributed by atoms with Gasteiger partial charge in [0.2, 0.25) is 0 Å². The lowest BCUT2D eigenvalue weighted by molar-refractivity contribution is -0.136. The van der Waals surface area contributed by atoms with E-state index in [0.29, 0.717) is 23.0 Å². The molecule has 0 bridgehead atoms. The zero-order chi connectivity index (χ0) is 14.3. The first-order chi connectivity index (χ1) is 9.04. The van der Waals surface area contributed by atoms with Gasteiger partial charge in [0, 0.05) is 5.38 Å². The zero-order valence-corrected chi connectivity index (χ0v) is 12.6. The number of hydrogen-bond acceptors (Lipinski definition) is 5. The summed E-state index contributed by atoms with van der Waals surface area (Å²) in [5, 5.41) is 2.25. The van der Waals surface area contributed by atoms with Gasteiger partial charge in [-0.25, -0.2) is 9.78 Å². The van der Waals surface area contributed by atoms with Gasteiger partial charge in [-0.15, -0.1) is 11.3 Å². The zero-order valence-electron chi connectivity index (χ0n) is 11.8. The summed E-state index contributed by atoms with van der Waals surface area (Å²) in [7, 11) is 0. The Kier molecular flexibility index (Phi) is 6.56. The van der Waals surface area contributed by atoms with Crippen LogP contribution < -0.4 is 5.73 Å². The molecule has 0 amide bonds. The van der Waals surface area contributed by atoms with Gasteiger partial charge in [0.25, 0.3) is 0 Å². The van der Waals surface area contributed by atoms with Crippen molar-refractivity contribution in [3.8, 4) is 0 Å². The van der Waals surface area contributed by atoms with Gasteiger partial charge in [-0.2, -0.15) is 0 Å². The minimum absolute atomic E-state index is 0.251. The summed E-state index contributed by atoms with van der Waals surface area (Å²) in [6, 6.07) is 0. The number of aromatic nitrogens is 1. The van der Waals surface area contributed by atoms with Gasteiger partial charge >= 0.3 is 5.97 Å². The molecule has 1 aromatic heterocycles. The Morgan fingerprint density at radius 2 is 2.26 bits per heavy atom. The van der Waals surface area contributed by atoms with Crippen LogP contribution in [0.5, 0.6) is 0 Å². The molecule has 0 saturated heterocycles. The van der Waals surface area contributed by atoms with E-state index in [1.807, 2.05) is 19.9 Å². The van der Waals surface area contributed by atoms with Gasteiger partial charge in [-0.05, 0) is 12.3 Å². The molecule has 0 aliphatic heterocycles. The third-order valence-corrected chi connectivity index (χ3v) is 3.17. The summed E-state index contributed by atoms with van der Waals surface area (Å²) in [4.78, 5) is 16.2. The molecule has 4 nitrogen and oxygen atoms in total. The summed E-state index contributed by atoms with van der Waals surface area (Å²) < 4.78 is 5.29. The van der Waals surface area contributed by atoms with Gasteiger partial charge in [0.1, 0.15) is 0 Å². The van der Waals surface area contributed by atoms with E-state index < -0.39 is 0 Å². The molecule has 0 aliphatic rings. The maximum atomic E-state index is 12.1. The Morgan fingerprint density at radius 3 is 2.79 bits per heavy atom. The van der Waals surface area contributed by atoms with Crippen LogP contribution in [-0.2, 0) is 9.53 Å². The first-order valence-electron chi connectivity index (χ1n) is 6.65. The highest BCUT2D eigenvalue weighted by atomic mass is 32.1. The normalized spacial score (nSPS) is 11.9. The van der Waals surface area contributed by atoms with Gasteiger partial charge in [0.05, 0.1) is 17.9 Å². The molecule has 2 N–H and O–H groups in total. The van der Waals surface area contributed by atoms with Gasteiger partial charge in [-0.1, -0.05) is 39.7 Å². The molecule has 0 fully saturated rings. The number of carbonyl (C=O) groups is 1. The Bertz CT molecular complexity index is 438. The molecule has 0 saturated carbocycles. The van der Waals surface area contributed by atoms with Crippen LogP contribution in [0.3, 0.4) is 0 Å².